The number of carboxylic acid groups (broad SMARTS) is 1. The number of hydrogen-bond acceptors (Lipinski definition) is 4. The van der Waals surface area contributed by atoms with Gasteiger partial charge in [0.05, 0.1) is 12.1 Å². The standard InChI is InChI=1S/C10H16N2O3S.C6H13NO/c13-8(14)4-2-1-3-7-9-6(5-16-7)11-10(15)12-9;1-2-3-4-5-6(7)8/h6-7,9H,1-5H2,(H,13,14)(H2,11,12,15);2-5H2,1H3,(H2,7,8)/t6-,7-,9-;/m0./s1. The highest BCUT2D eigenvalue weighted by Crippen LogP contribution is 2.33. The van der Waals surface area contributed by atoms with Crippen molar-refractivity contribution in [2.45, 2.75) is 75.6 Å². The van der Waals surface area contributed by atoms with Crippen molar-refractivity contribution in [3.63, 3.8) is 0 Å². The first kappa shape index (κ1) is 20.6. The fourth-order valence-electron chi connectivity index (χ4n) is 2.81. The molecule has 2 rings (SSSR count). The number of carboxylic acids is 1. The summed E-state index contributed by atoms with van der Waals surface area (Å²) in [5.74, 6) is 0.0544. The average Bonchev–Trinajstić information content (AvgIpc) is 3.04. The lowest BCUT2D eigenvalue weighted by molar-refractivity contribution is -0.137. The number of primary amides is 1. The number of urea groups is 1. The third kappa shape index (κ3) is 7.90. The first-order valence-electron chi connectivity index (χ1n) is 8.62. The lowest BCUT2D eigenvalue weighted by atomic mass is 10.0. The Hall–Kier alpha value is -1.44. The molecular weight excluding hydrogens is 330 g/mol. The molecule has 24 heavy (non-hydrogen) atoms. The van der Waals surface area contributed by atoms with Gasteiger partial charge in [-0.25, -0.2) is 4.79 Å². The molecule has 7 nitrogen and oxygen atoms in total. The van der Waals surface area contributed by atoms with Gasteiger partial charge in [0.2, 0.25) is 5.91 Å². The van der Waals surface area contributed by atoms with Gasteiger partial charge in [-0.15, -0.1) is 0 Å². The molecule has 0 aromatic heterocycles. The molecule has 2 saturated heterocycles. The van der Waals surface area contributed by atoms with Crippen LogP contribution in [-0.2, 0) is 9.59 Å². The summed E-state index contributed by atoms with van der Waals surface area (Å²) in [5.41, 5.74) is 4.89. The van der Waals surface area contributed by atoms with E-state index in [9.17, 15) is 14.4 Å². The highest BCUT2D eigenvalue weighted by atomic mass is 32.2. The van der Waals surface area contributed by atoms with E-state index in [2.05, 4.69) is 17.6 Å². The molecule has 2 aliphatic heterocycles. The minimum Gasteiger partial charge on any atom is -0.481 e. The molecule has 3 amide bonds. The SMILES string of the molecule is CCCCCC(N)=O.O=C(O)CCCC[C@@H]1SC[C@@H]2NC(=O)N[C@@H]21. The van der Waals surface area contributed by atoms with Crippen molar-refractivity contribution in [2.24, 2.45) is 5.73 Å². The molecule has 8 heteroatoms. The van der Waals surface area contributed by atoms with E-state index in [0.717, 1.165) is 44.3 Å². The third-order valence-corrected chi connectivity index (χ3v) is 5.60. The molecule has 2 aliphatic rings. The van der Waals surface area contributed by atoms with Crippen LogP contribution in [0.4, 0.5) is 4.79 Å². The van der Waals surface area contributed by atoms with Crippen molar-refractivity contribution in [1.29, 1.82) is 0 Å². The lowest BCUT2D eigenvalue weighted by Gasteiger charge is -2.16. The second-order valence-corrected chi connectivity index (χ2v) is 7.46. The predicted molar refractivity (Wildman–Crippen MR) is 94.9 cm³/mol. The number of carbonyl (C=O) groups is 3. The topological polar surface area (TPSA) is 122 Å². The van der Waals surface area contributed by atoms with Crippen molar-refractivity contribution < 1.29 is 19.5 Å². The summed E-state index contributed by atoms with van der Waals surface area (Å²) in [6.07, 6.45) is 6.64. The molecule has 0 bridgehead atoms. The Labute approximate surface area is 147 Å². The molecular formula is C16H29N3O4S. The van der Waals surface area contributed by atoms with Crippen LogP contribution in [0.5, 0.6) is 0 Å². The molecule has 0 aromatic rings. The van der Waals surface area contributed by atoms with E-state index in [4.69, 9.17) is 10.8 Å². The van der Waals surface area contributed by atoms with Crippen molar-refractivity contribution >= 4 is 29.7 Å². The molecule has 138 valence electrons. The summed E-state index contributed by atoms with van der Waals surface area (Å²) < 4.78 is 0. The highest BCUT2D eigenvalue weighted by Gasteiger charge is 2.42. The normalized spacial score (nSPS) is 24.4. The van der Waals surface area contributed by atoms with Crippen LogP contribution in [0.3, 0.4) is 0 Å². The van der Waals surface area contributed by atoms with Crippen LogP contribution in [0.1, 0.15) is 58.3 Å². The summed E-state index contributed by atoms with van der Waals surface area (Å²) in [4.78, 5) is 31.6. The van der Waals surface area contributed by atoms with Gasteiger partial charge in [-0.05, 0) is 19.3 Å². The summed E-state index contributed by atoms with van der Waals surface area (Å²) in [5, 5.41) is 14.8. The van der Waals surface area contributed by atoms with Crippen LogP contribution in [0, 0.1) is 0 Å². The monoisotopic (exact) mass is 359 g/mol. The van der Waals surface area contributed by atoms with Gasteiger partial charge in [-0.1, -0.05) is 26.2 Å². The summed E-state index contributed by atoms with van der Waals surface area (Å²) in [6, 6.07) is 0.440. The van der Waals surface area contributed by atoms with Gasteiger partial charge in [0.15, 0.2) is 0 Å². The van der Waals surface area contributed by atoms with E-state index in [0.29, 0.717) is 11.7 Å². The molecule has 2 heterocycles. The van der Waals surface area contributed by atoms with E-state index in [1.165, 1.54) is 0 Å². The molecule has 0 aromatic carbocycles. The smallest absolute Gasteiger partial charge is 0.315 e. The molecule has 0 saturated carbocycles. The molecule has 2 fully saturated rings. The van der Waals surface area contributed by atoms with Crippen LogP contribution in [0.15, 0.2) is 0 Å². The van der Waals surface area contributed by atoms with Gasteiger partial charge in [0.1, 0.15) is 0 Å². The largest absolute Gasteiger partial charge is 0.481 e. The Kier molecular flexibility index (Phi) is 9.59. The number of nitrogens with two attached hydrogens (primary N) is 1. The fourth-order valence-corrected chi connectivity index (χ4v) is 4.36. The van der Waals surface area contributed by atoms with E-state index in [-0.39, 0.29) is 30.4 Å². The zero-order valence-electron chi connectivity index (χ0n) is 14.3. The van der Waals surface area contributed by atoms with Crippen molar-refractivity contribution in [3.8, 4) is 0 Å². The molecule has 5 N–H and O–H groups in total. The number of hydrogen-bond donors (Lipinski definition) is 4. The van der Waals surface area contributed by atoms with Crippen LogP contribution < -0.4 is 16.4 Å². The molecule has 0 aliphatic carbocycles. The van der Waals surface area contributed by atoms with Crippen molar-refractivity contribution in [3.05, 3.63) is 0 Å². The fraction of sp³-hybridized carbons (Fsp3) is 0.812. The van der Waals surface area contributed by atoms with E-state index in [1.54, 1.807) is 0 Å². The Morgan fingerprint density at radius 1 is 1.21 bits per heavy atom. The van der Waals surface area contributed by atoms with Gasteiger partial charge in [0, 0.05) is 23.8 Å². The number of carbonyl (C=O) groups excluding carboxylic acids is 2. The van der Waals surface area contributed by atoms with Crippen molar-refractivity contribution in [1.82, 2.24) is 10.6 Å². The Morgan fingerprint density at radius 2 is 1.92 bits per heavy atom. The van der Waals surface area contributed by atoms with Crippen LogP contribution >= 0.6 is 11.8 Å². The van der Waals surface area contributed by atoms with Gasteiger partial charge in [-0.2, -0.15) is 11.8 Å². The van der Waals surface area contributed by atoms with E-state index < -0.39 is 5.97 Å². The average molecular weight is 359 g/mol. The zero-order valence-corrected chi connectivity index (χ0v) is 15.1. The van der Waals surface area contributed by atoms with E-state index >= 15 is 0 Å². The maximum Gasteiger partial charge on any atom is 0.315 e. The van der Waals surface area contributed by atoms with Crippen LogP contribution in [0.25, 0.3) is 0 Å². The van der Waals surface area contributed by atoms with Crippen LogP contribution in [0.2, 0.25) is 0 Å². The van der Waals surface area contributed by atoms with Gasteiger partial charge in [-0.3, -0.25) is 9.59 Å². The number of unbranched alkanes of at least 4 members (excludes halogenated alkanes) is 3. The first-order chi connectivity index (χ1) is 11.4. The Morgan fingerprint density at radius 3 is 2.54 bits per heavy atom. The Balaban J connectivity index is 0.000000307. The number of nitrogens with one attached hydrogen (secondary N) is 2. The minimum atomic E-state index is -0.729. The van der Waals surface area contributed by atoms with Gasteiger partial charge >= 0.3 is 12.0 Å². The van der Waals surface area contributed by atoms with Gasteiger partial charge < -0.3 is 21.5 Å². The zero-order chi connectivity index (χ0) is 17.9. The molecule has 0 spiro atoms. The van der Waals surface area contributed by atoms with Crippen LogP contribution in [-0.4, -0.2) is 46.1 Å². The maximum absolute atomic E-state index is 11.1. The Bertz CT molecular complexity index is 434. The molecule has 0 unspecified atom stereocenters. The number of fused-ring (bicyclic) bond motifs is 1. The second kappa shape index (κ2) is 11.2. The number of thioether (sulfide) groups is 1. The number of amides is 3. The quantitative estimate of drug-likeness (QED) is 0.370. The number of aliphatic carboxylic acids is 1. The van der Waals surface area contributed by atoms with Gasteiger partial charge in [0.25, 0.3) is 0 Å². The summed E-state index contributed by atoms with van der Waals surface area (Å²) in [6.45, 7) is 2.10. The number of rotatable bonds is 9. The minimum absolute atomic E-state index is 0.0640. The van der Waals surface area contributed by atoms with Crippen molar-refractivity contribution in [2.75, 3.05) is 5.75 Å². The second-order valence-electron chi connectivity index (χ2n) is 6.18. The highest BCUT2D eigenvalue weighted by molar-refractivity contribution is 8.00. The third-order valence-electron chi connectivity index (χ3n) is 4.09. The predicted octanol–water partition coefficient (Wildman–Crippen LogP) is 1.85. The molecule has 3 atom stereocenters. The summed E-state index contributed by atoms with van der Waals surface area (Å²) in [7, 11) is 0. The maximum atomic E-state index is 11.1. The first-order valence-corrected chi connectivity index (χ1v) is 9.67. The summed E-state index contributed by atoms with van der Waals surface area (Å²) >= 11 is 1.87. The lowest BCUT2D eigenvalue weighted by Crippen LogP contribution is -2.36. The molecule has 0 radical (unpaired) electrons. The van der Waals surface area contributed by atoms with E-state index in [1.807, 2.05) is 11.8 Å².